The molecule has 0 saturated carbocycles. The number of hydrogen-bond donors (Lipinski definition) is 1. The average Bonchev–Trinajstić information content (AvgIpc) is 2.94. The molecule has 1 aromatic heterocycles. The lowest BCUT2D eigenvalue weighted by atomic mass is 10.1. The van der Waals surface area contributed by atoms with Gasteiger partial charge in [0, 0.05) is 0 Å². The van der Waals surface area contributed by atoms with Crippen molar-refractivity contribution in [1.82, 2.24) is 15.1 Å². The maximum absolute atomic E-state index is 11.2. The highest BCUT2D eigenvalue weighted by atomic mass is 16.6. The summed E-state index contributed by atoms with van der Waals surface area (Å²) in [5.41, 5.74) is 1.42. The second-order valence-electron chi connectivity index (χ2n) is 4.95. The lowest BCUT2D eigenvalue weighted by Crippen LogP contribution is -2.29. The summed E-state index contributed by atoms with van der Waals surface area (Å²) in [6.07, 6.45) is 3.71. The standard InChI is InChI=1S/C14H16N4O2/c19-18(20)14-13(11-4-2-1-3-5-11)10-17(16-14)12-6-8-15-9-7-12/h1-5,10,12,15H,6-9H2. The predicted octanol–water partition coefficient (Wildman–Crippen LogP) is 2.38. The zero-order valence-electron chi connectivity index (χ0n) is 11.0. The molecule has 1 fully saturated rings. The Morgan fingerprint density at radius 3 is 2.60 bits per heavy atom. The second-order valence-corrected chi connectivity index (χ2v) is 4.95. The number of nitro groups is 1. The van der Waals surface area contributed by atoms with Gasteiger partial charge in [-0.2, -0.15) is 4.68 Å². The molecule has 6 heteroatoms. The zero-order valence-corrected chi connectivity index (χ0v) is 11.0. The van der Waals surface area contributed by atoms with Crippen molar-refractivity contribution in [2.75, 3.05) is 13.1 Å². The van der Waals surface area contributed by atoms with Gasteiger partial charge in [-0.1, -0.05) is 30.3 Å². The first kappa shape index (κ1) is 12.8. The minimum absolute atomic E-state index is 0.0604. The van der Waals surface area contributed by atoms with Gasteiger partial charge in [0.05, 0.1) is 17.3 Å². The van der Waals surface area contributed by atoms with Crippen LogP contribution in [0.2, 0.25) is 0 Å². The molecule has 3 rings (SSSR count). The van der Waals surface area contributed by atoms with Crippen molar-refractivity contribution in [2.45, 2.75) is 18.9 Å². The third-order valence-corrected chi connectivity index (χ3v) is 3.65. The Hall–Kier alpha value is -2.21. The number of aromatic nitrogens is 2. The van der Waals surface area contributed by atoms with Crippen LogP contribution in [0.1, 0.15) is 18.9 Å². The Balaban J connectivity index is 2.00. The van der Waals surface area contributed by atoms with E-state index in [-0.39, 0.29) is 11.9 Å². The van der Waals surface area contributed by atoms with Crippen molar-refractivity contribution in [3.63, 3.8) is 0 Å². The Kier molecular flexibility index (Phi) is 3.47. The van der Waals surface area contributed by atoms with E-state index >= 15 is 0 Å². The summed E-state index contributed by atoms with van der Waals surface area (Å²) < 4.78 is 1.77. The Morgan fingerprint density at radius 1 is 1.25 bits per heavy atom. The Morgan fingerprint density at radius 2 is 1.95 bits per heavy atom. The minimum atomic E-state index is -0.403. The van der Waals surface area contributed by atoms with E-state index in [4.69, 9.17) is 0 Å². The van der Waals surface area contributed by atoms with Crippen LogP contribution in [0.5, 0.6) is 0 Å². The normalized spacial score (nSPS) is 16.2. The van der Waals surface area contributed by atoms with Crippen molar-refractivity contribution < 1.29 is 4.92 Å². The van der Waals surface area contributed by atoms with Gasteiger partial charge in [0.15, 0.2) is 0 Å². The van der Waals surface area contributed by atoms with Crippen molar-refractivity contribution in [2.24, 2.45) is 0 Å². The molecule has 2 aromatic rings. The Bertz CT molecular complexity index is 603. The molecule has 1 aromatic carbocycles. The molecular weight excluding hydrogens is 256 g/mol. The molecule has 0 radical (unpaired) electrons. The summed E-state index contributed by atoms with van der Waals surface area (Å²) in [5, 5.41) is 18.7. The van der Waals surface area contributed by atoms with Gasteiger partial charge in [0.2, 0.25) is 0 Å². The molecular formula is C14H16N4O2. The van der Waals surface area contributed by atoms with Crippen LogP contribution in [-0.4, -0.2) is 27.8 Å². The summed E-state index contributed by atoms with van der Waals surface area (Å²) >= 11 is 0. The number of benzene rings is 1. The van der Waals surface area contributed by atoms with Gasteiger partial charge in [0.1, 0.15) is 5.56 Å². The first-order valence-corrected chi connectivity index (χ1v) is 6.75. The number of rotatable bonds is 3. The van der Waals surface area contributed by atoms with Gasteiger partial charge < -0.3 is 15.4 Å². The third-order valence-electron chi connectivity index (χ3n) is 3.65. The van der Waals surface area contributed by atoms with Crippen LogP contribution in [0.25, 0.3) is 11.1 Å². The molecule has 0 atom stereocenters. The predicted molar refractivity (Wildman–Crippen MR) is 75.5 cm³/mol. The molecule has 20 heavy (non-hydrogen) atoms. The first-order valence-electron chi connectivity index (χ1n) is 6.75. The summed E-state index contributed by atoms with van der Waals surface area (Å²) in [6, 6.07) is 9.63. The number of nitrogens with zero attached hydrogens (tertiary/aromatic N) is 3. The molecule has 0 aliphatic carbocycles. The summed E-state index contributed by atoms with van der Waals surface area (Å²) in [7, 11) is 0. The Labute approximate surface area is 116 Å². The van der Waals surface area contributed by atoms with Gasteiger partial charge in [0.25, 0.3) is 0 Å². The molecule has 1 aliphatic heterocycles. The second kappa shape index (κ2) is 5.42. The van der Waals surface area contributed by atoms with Crippen LogP contribution in [0.15, 0.2) is 36.5 Å². The topological polar surface area (TPSA) is 73.0 Å². The van der Waals surface area contributed by atoms with Gasteiger partial charge in [-0.05, 0) is 36.4 Å². The van der Waals surface area contributed by atoms with Crippen LogP contribution in [0.3, 0.4) is 0 Å². The first-order chi connectivity index (χ1) is 9.75. The maximum atomic E-state index is 11.2. The SMILES string of the molecule is O=[N+]([O-])c1nn(C2CCNCC2)cc1-c1ccccc1. The largest absolute Gasteiger partial charge is 0.397 e. The van der Waals surface area contributed by atoms with Crippen LogP contribution < -0.4 is 5.32 Å². The molecule has 1 N–H and O–H groups in total. The van der Waals surface area contributed by atoms with E-state index in [0.29, 0.717) is 5.56 Å². The van der Waals surface area contributed by atoms with Crippen molar-refractivity contribution in [1.29, 1.82) is 0 Å². The van der Waals surface area contributed by atoms with Gasteiger partial charge >= 0.3 is 5.82 Å². The van der Waals surface area contributed by atoms with Crippen molar-refractivity contribution in [3.05, 3.63) is 46.6 Å². The number of piperidine rings is 1. The fourth-order valence-corrected chi connectivity index (χ4v) is 2.60. The van der Waals surface area contributed by atoms with E-state index in [1.54, 1.807) is 4.68 Å². The van der Waals surface area contributed by atoms with Crippen molar-refractivity contribution in [3.8, 4) is 11.1 Å². The van der Waals surface area contributed by atoms with Crippen LogP contribution in [0, 0.1) is 10.1 Å². The summed E-state index contributed by atoms with van der Waals surface area (Å²) in [5.74, 6) is -0.0604. The highest BCUT2D eigenvalue weighted by Gasteiger charge is 2.26. The monoisotopic (exact) mass is 272 g/mol. The van der Waals surface area contributed by atoms with E-state index in [1.807, 2.05) is 36.5 Å². The lowest BCUT2D eigenvalue weighted by Gasteiger charge is -2.20. The molecule has 0 amide bonds. The maximum Gasteiger partial charge on any atom is 0.397 e. The molecule has 6 nitrogen and oxygen atoms in total. The molecule has 104 valence electrons. The van der Waals surface area contributed by atoms with Crippen LogP contribution in [-0.2, 0) is 0 Å². The van der Waals surface area contributed by atoms with Gasteiger partial charge in [-0.15, -0.1) is 0 Å². The van der Waals surface area contributed by atoms with E-state index in [9.17, 15) is 10.1 Å². The minimum Gasteiger partial charge on any atom is -0.358 e. The highest BCUT2D eigenvalue weighted by Crippen LogP contribution is 2.31. The van der Waals surface area contributed by atoms with Crippen molar-refractivity contribution >= 4 is 5.82 Å². The molecule has 1 aliphatic rings. The zero-order chi connectivity index (χ0) is 13.9. The molecule has 0 bridgehead atoms. The fraction of sp³-hybridized carbons (Fsp3) is 0.357. The van der Waals surface area contributed by atoms with Gasteiger partial charge in [-0.25, -0.2) is 0 Å². The smallest absolute Gasteiger partial charge is 0.358 e. The van der Waals surface area contributed by atoms with Crippen LogP contribution in [0.4, 0.5) is 5.82 Å². The molecule has 0 spiro atoms. The molecule has 2 heterocycles. The van der Waals surface area contributed by atoms with Gasteiger partial charge in [-0.3, -0.25) is 0 Å². The molecule has 1 saturated heterocycles. The highest BCUT2D eigenvalue weighted by molar-refractivity contribution is 5.70. The lowest BCUT2D eigenvalue weighted by molar-refractivity contribution is -0.389. The fourth-order valence-electron chi connectivity index (χ4n) is 2.60. The number of nitrogens with one attached hydrogen (secondary N) is 1. The van der Waals surface area contributed by atoms with E-state index in [1.165, 1.54) is 0 Å². The van der Waals surface area contributed by atoms with E-state index < -0.39 is 4.92 Å². The average molecular weight is 272 g/mol. The summed E-state index contributed by atoms with van der Waals surface area (Å²) in [4.78, 5) is 10.8. The third kappa shape index (κ3) is 2.42. The van der Waals surface area contributed by atoms with Crippen LogP contribution >= 0.6 is 0 Å². The van der Waals surface area contributed by atoms with E-state index in [0.717, 1.165) is 31.5 Å². The number of hydrogen-bond acceptors (Lipinski definition) is 4. The van der Waals surface area contributed by atoms with E-state index in [2.05, 4.69) is 10.4 Å². The summed E-state index contributed by atoms with van der Waals surface area (Å²) in [6.45, 7) is 1.86. The quantitative estimate of drug-likeness (QED) is 0.687. The molecule has 0 unspecified atom stereocenters.